The molecule has 1 aromatic carbocycles. The minimum Gasteiger partial charge on any atom is -0.480 e. The molecule has 6 heteroatoms. The summed E-state index contributed by atoms with van der Waals surface area (Å²) in [6.45, 7) is 1.52. The van der Waals surface area contributed by atoms with Crippen molar-refractivity contribution in [2.75, 3.05) is 0 Å². The predicted octanol–water partition coefficient (Wildman–Crippen LogP) is 2.98. The van der Waals surface area contributed by atoms with Gasteiger partial charge in [-0.1, -0.05) is 29.3 Å². The Hall–Kier alpha value is -1.26. The normalized spacial score (nSPS) is 17.6. The largest absolute Gasteiger partial charge is 0.480 e. The van der Waals surface area contributed by atoms with Crippen molar-refractivity contribution in [3.05, 3.63) is 33.8 Å². The minimum atomic E-state index is -1.26. The lowest BCUT2D eigenvalue weighted by molar-refractivity contribution is -0.144. The van der Waals surface area contributed by atoms with E-state index in [9.17, 15) is 14.7 Å². The highest BCUT2D eigenvalue weighted by molar-refractivity contribution is 6.43. The van der Waals surface area contributed by atoms with Crippen molar-refractivity contribution in [1.82, 2.24) is 5.32 Å². The van der Waals surface area contributed by atoms with Crippen LogP contribution in [-0.4, -0.2) is 22.5 Å². The molecular weight excluding hydrogens is 289 g/mol. The molecule has 0 radical (unpaired) electrons. The van der Waals surface area contributed by atoms with E-state index >= 15 is 0 Å². The van der Waals surface area contributed by atoms with Gasteiger partial charge < -0.3 is 10.4 Å². The SMILES string of the molecule is CC(NC(=O)c1cccc(Cl)c1Cl)(C(=O)O)C1CC1. The number of aliphatic carboxylic acids is 1. The summed E-state index contributed by atoms with van der Waals surface area (Å²) < 4.78 is 0. The third-order valence-electron chi connectivity index (χ3n) is 3.41. The number of halogens is 2. The van der Waals surface area contributed by atoms with Gasteiger partial charge in [-0.05, 0) is 37.8 Å². The van der Waals surface area contributed by atoms with Crippen LogP contribution in [0.5, 0.6) is 0 Å². The number of carboxylic acids is 1. The Balaban J connectivity index is 2.25. The summed E-state index contributed by atoms with van der Waals surface area (Å²) in [5.74, 6) is -1.60. The summed E-state index contributed by atoms with van der Waals surface area (Å²) in [5.41, 5.74) is -1.08. The Labute approximate surface area is 120 Å². The van der Waals surface area contributed by atoms with Crippen molar-refractivity contribution in [2.24, 2.45) is 5.92 Å². The Morgan fingerprint density at radius 1 is 1.37 bits per heavy atom. The Kier molecular flexibility index (Phi) is 3.74. The van der Waals surface area contributed by atoms with Gasteiger partial charge in [-0.2, -0.15) is 0 Å². The van der Waals surface area contributed by atoms with Crippen molar-refractivity contribution in [3.63, 3.8) is 0 Å². The van der Waals surface area contributed by atoms with E-state index in [1.54, 1.807) is 12.1 Å². The van der Waals surface area contributed by atoms with Crippen LogP contribution in [0.2, 0.25) is 10.0 Å². The molecule has 0 heterocycles. The van der Waals surface area contributed by atoms with Crippen LogP contribution in [0, 0.1) is 5.92 Å². The van der Waals surface area contributed by atoms with Gasteiger partial charge in [0.2, 0.25) is 0 Å². The molecule has 0 spiro atoms. The molecule has 0 saturated heterocycles. The second-order valence-corrected chi connectivity index (χ2v) is 5.62. The third-order valence-corrected chi connectivity index (χ3v) is 4.23. The minimum absolute atomic E-state index is 0.0353. The maximum atomic E-state index is 12.2. The van der Waals surface area contributed by atoms with Crippen LogP contribution in [0.25, 0.3) is 0 Å². The molecule has 0 aliphatic heterocycles. The first kappa shape index (κ1) is 14.2. The summed E-state index contributed by atoms with van der Waals surface area (Å²) in [7, 11) is 0. The number of hydrogen-bond donors (Lipinski definition) is 2. The first-order chi connectivity index (χ1) is 8.86. The number of carbonyl (C=O) groups excluding carboxylic acids is 1. The predicted molar refractivity (Wildman–Crippen MR) is 72.7 cm³/mol. The Morgan fingerprint density at radius 2 is 2.00 bits per heavy atom. The summed E-state index contributed by atoms with van der Waals surface area (Å²) in [6.07, 6.45) is 1.60. The van der Waals surface area contributed by atoms with Crippen LogP contribution >= 0.6 is 23.2 Å². The number of carboxylic acid groups (broad SMARTS) is 1. The van der Waals surface area contributed by atoms with Gasteiger partial charge >= 0.3 is 5.97 Å². The molecule has 19 heavy (non-hydrogen) atoms. The molecule has 1 saturated carbocycles. The van der Waals surface area contributed by atoms with E-state index in [-0.39, 0.29) is 21.5 Å². The van der Waals surface area contributed by atoms with Gasteiger partial charge in [-0.3, -0.25) is 4.79 Å². The third kappa shape index (κ3) is 2.69. The highest BCUT2D eigenvalue weighted by Crippen LogP contribution is 2.40. The zero-order chi connectivity index (χ0) is 14.2. The van der Waals surface area contributed by atoms with Crippen molar-refractivity contribution in [1.29, 1.82) is 0 Å². The van der Waals surface area contributed by atoms with Crippen molar-refractivity contribution < 1.29 is 14.7 Å². The highest BCUT2D eigenvalue weighted by Gasteiger charge is 2.48. The molecule has 1 atom stereocenters. The van der Waals surface area contributed by atoms with E-state index in [0.29, 0.717) is 0 Å². The fourth-order valence-electron chi connectivity index (χ4n) is 1.97. The van der Waals surface area contributed by atoms with Gasteiger partial charge in [-0.15, -0.1) is 0 Å². The van der Waals surface area contributed by atoms with E-state index in [4.69, 9.17) is 23.2 Å². The van der Waals surface area contributed by atoms with Crippen molar-refractivity contribution in [2.45, 2.75) is 25.3 Å². The maximum Gasteiger partial charge on any atom is 0.329 e. The highest BCUT2D eigenvalue weighted by atomic mass is 35.5. The molecule has 2 N–H and O–H groups in total. The molecule has 102 valence electrons. The molecular formula is C13H13Cl2NO3. The topological polar surface area (TPSA) is 66.4 Å². The zero-order valence-electron chi connectivity index (χ0n) is 10.2. The summed E-state index contributed by atoms with van der Waals surface area (Å²) >= 11 is 11.8. The van der Waals surface area contributed by atoms with Gasteiger partial charge in [0, 0.05) is 0 Å². The molecule has 1 aliphatic rings. The second kappa shape index (κ2) is 5.02. The lowest BCUT2D eigenvalue weighted by atomic mass is 9.95. The zero-order valence-corrected chi connectivity index (χ0v) is 11.8. The molecule has 4 nitrogen and oxygen atoms in total. The average molecular weight is 302 g/mol. The van der Waals surface area contributed by atoms with Gasteiger partial charge in [0.15, 0.2) is 0 Å². The van der Waals surface area contributed by atoms with E-state index in [1.165, 1.54) is 13.0 Å². The molecule has 2 rings (SSSR count). The number of amides is 1. The fraction of sp³-hybridized carbons (Fsp3) is 0.385. The standard InChI is InChI=1S/C13H13Cl2NO3/c1-13(12(18)19,7-5-6-7)16-11(17)8-3-2-4-9(14)10(8)15/h2-4,7H,5-6H2,1H3,(H,16,17)(H,18,19). The molecule has 1 aliphatic carbocycles. The first-order valence-electron chi connectivity index (χ1n) is 5.86. The number of nitrogens with one attached hydrogen (secondary N) is 1. The van der Waals surface area contributed by atoms with Gasteiger partial charge in [0.1, 0.15) is 5.54 Å². The van der Waals surface area contributed by atoms with Crippen molar-refractivity contribution >= 4 is 35.1 Å². The van der Waals surface area contributed by atoms with Crippen LogP contribution < -0.4 is 5.32 Å². The fourth-order valence-corrected chi connectivity index (χ4v) is 2.36. The summed E-state index contributed by atoms with van der Waals surface area (Å²) in [5, 5.41) is 12.2. The van der Waals surface area contributed by atoms with Crippen LogP contribution in [0.3, 0.4) is 0 Å². The lowest BCUT2D eigenvalue weighted by Crippen LogP contribution is -2.54. The van der Waals surface area contributed by atoms with Crippen LogP contribution in [0.4, 0.5) is 0 Å². The first-order valence-corrected chi connectivity index (χ1v) is 6.61. The summed E-state index contributed by atoms with van der Waals surface area (Å²) in [6, 6.07) is 4.68. The van der Waals surface area contributed by atoms with E-state index in [0.717, 1.165) is 12.8 Å². The molecule has 1 unspecified atom stereocenters. The molecule has 0 aromatic heterocycles. The lowest BCUT2D eigenvalue weighted by Gasteiger charge is -2.26. The summed E-state index contributed by atoms with van der Waals surface area (Å²) in [4.78, 5) is 23.5. The van der Waals surface area contributed by atoms with Crippen LogP contribution in [-0.2, 0) is 4.79 Å². The van der Waals surface area contributed by atoms with Gasteiger partial charge in [-0.25, -0.2) is 4.79 Å². The number of benzene rings is 1. The number of rotatable bonds is 4. The number of hydrogen-bond acceptors (Lipinski definition) is 2. The van der Waals surface area contributed by atoms with Crippen LogP contribution in [0.1, 0.15) is 30.1 Å². The molecule has 0 bridgehead atoms. The quantitative estimate of drug-likeness (QED) is 0.898. The Morgan fingerprint density at radius 3 is 2.53 bits per heavy atom. The molecule has 1 amide bonds. The van der Waals surface area contributed by atoms with E-state index < -0.39 is 17.4 Å². The Bertz CT molecular complexity index is 543. The smallest absolute Gasteiger partial charge is 0.329 e. The molecule has 1 aromatic rings. The second-order valence-electron chi connectivity index (χ2n) is 4.84. The number of carbonyl (C=O) groups is 2. The van der Waals surface area contributed by atoms with E-state index in [1.807, 2.05) is 0 Å². The average Bonchev–Trinajstić information content (AvgIpc) is 3.16. The van der Waals surface area contributed by atoms with Crippen LogP contribution in [0.15, 0.2) is 18.2 Å². The maximum absolute atomic E-state index is 12.2. The van der Waals surface area contributed by atoms with Crippen molar-refractivity contribution in [3.8, 4) is 0 Å². The molecule has 1 fully saturated rings. The van der Waals surface area contributed by atoms with Gasteiger partial charge in [0.25, 0.3) is 5.91 Å². The van der Waals surface area contributed by atoms with E-state index in [2.05, 4.69) is 5.32 Å². The monoisotopic (exact) mass is 301 g/mol. The van der Waals surface area contributed by atoms with Gasteiger partial charge in [0.05, 0.1) is 15.6 Å².